The van der Waals surface area contributed by atoms with Gasteiger partial charge in [-0.3, -0.25) is 0 Å². The summed E-state index contributed by atoms with van der Waals surface area (Å²) in [6.07, 6.45) is 6.54. The SMILES string of the molecule is N#Cc1cc(NCC2CCCCC2)ccc1F. The molecule has 0 unspecified atom stereocenters. The Labute approximate surface area is 101 Å². The van der Waals surface area contributed by atoms with E-state index in [1.807, 2.05) is 6.07 Å². The minimum atomic E-state index is -0.448. The Balaban J connectivity index is 1.92. The van der Waals surface area contributed by atoms with Crippen molar-refractivity contribution in [3.05, 3.63) is 29.6 Å². The van der Waals surface area contributed by atoms with Crippen molar-refractivity contribution in [2.45, 2.75) is 32.1 Å². The average Bonchev–Trinajstić information content (AvgIpc) is 2.39. The number of hydrogen-bond donors (Lipinski definition) is 1. The number of rotatable bonds is 3. The van der Waals surface area contributed by atoms with Gasteiger partial charge in [0.15, 0.2) is 0 Å². The third kappa shape index (κ3) is 3.20. The molecule has 2 rings (SSSR count). The van der Waals surface area contributed by atoms with Gasteiger partial charge >= 0.3 is 0 Å². The first-order chi connectivity index (χ1) is 8.29. The van der Waals surface area contributed by atoms with Gasteiger partial charge in [0, 0.05) is 12.2 Å². The molecule has 1 fully saturated rings. The fourth-order valence-corrected chi connectivity index (χ4v) is 2.37. The Hall–Kier alpha value is -1.56. The minimum absolute atomic E-state index is 0.110. The molecular weight excluding hydrogens is 215 g/mol. The number of anilines is 1. The molecule has 0 amide bonds. The summed E-state index contributed by atoms with van der Waals surface area (Å²) in [5, 5.41) is 12.0. The van der Waals surface area contributed by atoms with Crippen molar-refractivity contribution in [3.8, 4) is 6.07 Å². The highest BCUT2D eigenvalue weighted by atomic mass is 19.1. The Kier molecular flexibility index (Phi) is 3.98. The summed E-state index contributed by atoms with van der Waals surface area (Å²) in [6, 6.07) is 6.48. The third-order valence-corrected chi connectivity index (χ3v) is 3.41. The molecule has 0 aromatic heterocycles. The highest BCUT2D eigenvalue weighted by Gasteiger charge is 2.13. The fraction of sp³-hybridized carbons (Fsp3) is 0.500. The zero-order chi connectivity index (χ0) is 12.1. The molecule has 1 aromatic carbocycles. The van der Waals surface area contributed by atoms with Gasteiger partial charge in [-0.2, -0.15) is 5.26 Å². The Morgan fingerprint density at radius 3 is 2.76 bits per heavy atom. The quantitative estimate of drug-likeness (QED) is 0.862. The fourth-order valence-electron chi connectivity index (χ4n) is 2.37. The van der Waals surface area contributed by atoms with Crippen molar-refractivity contribution < 1.29 is 4.39 Å². The van der Waals surface area contributed by atoms with E-state index in [1.54, 1.807) is 12.1 Å². The van der Waals surface area contributed by atoms with Gasteiger partial charge in [0.05, 0.1) is 5.56 Å². The van der Waals surface area contributed by atoms with Crippen molar-refractivity contribution in [3.63, 3.8) is 0 Å². The molecule has 1 saturated carbocycles. The van der Waals surface area contributed by atoms with Gasteiger partial charge in [-0.25, -0.2) is 4.39 Å². The lowest BCUT2D eigenvalue weighted by atomic mass is 9.89. The van der Waals surface area contributed by atoms with Gasteiger partial charge in [0.2, 0.25) is 0 Å². The normalized spacial score (nSPS) is 16.5. The summed E-state index contributed by atoms with van der Waals surface area (Å²) in [5.41, 5.74) is 0.951. The van der Waals surface area contributed by atoms with E-state index in [2.05, 4.69) is 5.32 Å². The second-order valence-corrected chi connectivity index (χ2v) is 4.69. The van der Waals surface area contributed by atoms with Crippen LogP contribution < -0.4 is 5.32 Å². The van der Waals surface area contributed by atoms with Crippen molar-refractivity contribution in [1.29, 1.82) is 5.26 Å². The van der Waals surface area contributed by atoms with Crippen LogP contribution in [0.5, 0.6) is 0 Å². The molecule has 2 nitrogen and oxygen atoms in total. The first kappa shape index (κ1) is 11.9. The molecule has 0 heterocycles. The molecular formula is C14H17FN2. The van der Waals surface area contributed by atoms with Gasteiger partial charge in [-0.05, 0) is 37.0 Å². The van der Waals surface area contributed by atoms with Crippen LogP contribution in [0.25, 0.3) is 0 Å². The van der Waals surface area contributed by atoms with Gasteiger partial charge in [-0.1, -0.05) is 19.3 Å². The zero-order valence-electron chi connectivity index (χ0n) is 9.88. The average molecular weight is 232 g/mol. The monoisotopic (exact) mass is 232 g/mol. The van der Waals surface area contributed by atoms with Gasteiger partial charge in [0.1, 0.15) is 11.9 Å². The predicted molar refractivity (Wildman–Crippen MR) is 66.2 cm³/mol. The maximum atomic E-state index is 13.1. The van der Waals surface area contributed by atoms with Crippen molar-refractivity contribution in [1.82, 2.24) is 0 Å². The smallest absolute Gasteiger partial charge is 0.141 e. The standard InChI is InChI=1S/C14H17FN2/c15-14-7-6-13(8-12(14)9-16)17-10-11-4-2-1-3-5-11/h6-8,11,17H,1-5,10H2. The zero-order valence-corrected chi connectivity index (χ0v) is 9.88. The van der Waals surface area contributed by atoms with Crippen LogP contribution in [0.3, 0.4) is 0 Å². The molecule has 1 aliphatic rings. The number of nitrogens with zero attached hydrogens (tertiary/aromatic N) is 1. The topological polar surface area (TPSA) is 35.8 Å². The van der Waals surface area contributed by atoms with E-state index in [0.717, 1.165) is 18.2 Å². The Morgan fingerprint density at radius 2 is 2.06 bits per heavy atom. The highest BCUT2D eigenvalue weighted by Crippen LogP contribution is 2.24. The Morgan fingerprint density at radius 1 is 1.29 bits per heavy atom. The summed E-state index contributed by atoms with van der Waals surface area (Å²) in [7, 11) is 0. The molecule has 0 bridgehead atoms. The second kappa shape index (κ2) is 5.67. The minimum Gasteiger partial charge on any atom is -0.385 e. The van der Waals surface area contributed by atoms with Crippen LogP contribution in [-0.4, -0.2) is 6.54 Å². The summed E-state index contributed by atoms with van der Waals surface area (Å²) >= 11 is 0. The molecule has 0 saturated heterocycles. The number of nitriles is 1. The van der Waals surface area contributed by atoms with Crippen molar-refractivity contribution >= 4 is 5.69 Å². The molecule has 0 spiro atoms. The summed E-state index contributed by atoms with van der Waals surface area (Å²) in [4.78, 5) is 0. The molecule has 1 N–H and O–H groups in total. The van der Waals surface area contributed by atoms with Gasteiger partial charge in [-0.15, -0.1) is 0 Å². The molecule has 0 atom stereocenters. The van der Waals surface area contributed by atoms with E-state index in [4.69, 9.17) is 5.26 Å². The molecule has 1 aliphatic carbocycles. The Bertz CT molecular complexity index is 417. The molecule has 0 aliphatic heterocycles. The van der Waals surface area contributed by atoms with Crippen LogP contribution in [-0.2, 0) is 0 Å². The van der Waals surface area contributed by atoms with Gasteiger partial charge in [0.25, 0.3) is 0 Å². The van der Waals surface area contributed by atoms with E-state index in [9.17, 15) is 4.39 Å². The largest absolute Gasteiger partial charge is 0.385 e. The lowest BCUT2D eigenvalue weighted by molar-refractivity contribution is 0.373. The van der Waals surface area contributed by atoms with Crippen LogP contribution in [0.1, 0.15) is 37.7 Å². The van der Waals surface area contributed by atoms with Crippen LogP contribution in [0.4, 0.5) is 10.1 Å². The van der Waals surface area contributed by atoms with E-state index in [1.165, 1.54) is 38.2 Å². The predicted octanol–water partition coefficient (Wildman–Crippen LogP) is 3.69. The highest BCUT2D eigenvalue weighted by molar-refractivity contribution is 5.49. The first-order valence-corrected chi connectivity index (χ1v) is 6.23. The summed E-state index contributed by atoms with van der Waals surface area (Å²) < 4.78 is 13.1. The van der Waals surface area contributed by atoms with Crippen LogP contribution in [0.15, 0.2) is 18.2 Å². The molecule has 90 valence electrons. The number of benzene rings is 1. The van der Waals surface area contributed by atoms with E-state index in [0.29, 0.717) is 0 Å². The second-order valence-electron chi connectivity index (χ2n) is 4.69. The first-order valence-electron chi connectivity index (χ1n) is 6.23. The number of halogens is 1. The number of hydrogen-bond acceptors (Lipinski definition) is 2. The van der Waals surface area contributed by atoms with Crippen LogP contribution >= 0.6 is 0 Å². The van der Waals surface area contributed by atoms with Crippen molar-refractivity contribution in [2.24, 2.45) is 5.92 Å². The molecule has 1 aromatic rings. The van der Waals surface area contributed by atoms with Crippen LogP contribution in [0.2, 0.25) is 0 Å². The van der Waals surface area contributed by atoms with Crippen molar-refractivity contribution in [2.75, 3.05) is 11.9 Å². The lowest BCUT2D eigenvalue weighted by Gasteiger charge is -2.22. The lowest BCUT2D eigenvalue weighted by Crippen LogP contribution is -2.17. The maximum Gasteiger partial charge on any atom is 0.141 e. The number of nitrogens with one attached hydrogen (secondary N) is 1. The molecule has 0 radical (unpaired) electrons. The third-order valence-electron chi connectivity index (χ3n) is 3.41. The molecule has 17 heavy (non-hydrogen) atoms. The summed E-state index contributed by atoms with van der Waals surface area (Å²) in [6.45, 7) is 0.927. The van der Waals surface area contributed by atoms with Crippen LogP contribution in [0, 0.1) is 23.1 Å². The van der Waals surface area contributed by atoms with E-state index in [-0.39, 0.29) is 5.56 Å². The summed E-state index contributed by atoms with van der Waals surface area (Å²) in [5.74, 6) is 0.273. The van der Waals surface area contributed by atoms with E-state index >= 15 is 0 Å². The van der Waals surface area contributed by atoms with E-state index < -0.39 is 5.82 Å². The van der Waals surface area contributed by atoms with Gasteiger partial charge < -0.3 is 5.32 Å². The maximum absolute atomic E-state index is 13.1. The molecule has 3 heteroatoms.